The first kappa shape index (κ1) is 20.3. The van der Waals surface area contributed by atoms with E-state index < -0.39 is 12.2 Å². The van der Waals surface area contributed by atoms with Gasteiger partial charge in [-0.3, -0.25) is 4.79 Å². The van der Waals surface area contributed by atoms with Gasteiger partial charge in [0.15, 0.2) is 0 Å². The van der Waals surface area contributed by atoms with Crippen LogP contribution in [0.5, 0.6) is 0 Å². The number of aliphatic imine (C=N–C) groups is 1. The number of carbonyl (C=O) groups is 2. The number of anilines is 2. The van der Waals surface area contributed by atoms with Gasteiger partial charge in [0.1, 0.15) is 0 Å². The highest BCUT2D eigenvalue weighted by Gasteiger charge is 2.31. The van der Waals surface area contributed by atoms with Crippen molar-refractivity contribution in [3.63, 3.8) is 0 Å². The van der Waals surface area contributed by atoms with Gasteiger partial charge in [-0.15, -0.1) is 0 Å². The molecule has 0 radical (unpaired) electrons. The number of amides is 3. The molecule has 30 heavy (non-hydrogen) atoms. The van der Waals surface area contributed by atoms with Gasteiger partial charge in [-0.2, -0.15) is 0 Å². The number of fused-ring (bicyclic) bond motifs is 1. The maximum atomic E-state index is 13.1. The summed E-state index contributed by atoms with van der Waals surface area (Å²) in [4.78, 5) is 32.0. The number of benzodiazepines with no additional fused rings is 1. The van der Waals surface area contributed by atoms with Crippen LogP contribution in [0.15, 0.2) is 69.6 Å². The lowest BCUT2D eigenvalue weighted by atomic mass is 9.91. The Morgan fingerprint density at radius 3 is 2.63 bits per heavy atom. The summed E-state index contributed by atoms with van der Waals surface area (Å²) in [6, 6.07) is 14.5. The lowest BCUT2D eigenvalue weighted by Gasteiger charge is -2.21. The number of nitrogens with zero attached hydrogens (tertiary/aromatic N) is 2. The monoisotopic (exact) mass is 466 g/mol. The summed E-state index contributed by atoms with van der Waals surface area (Å²) in [7, 11) is 1.72. The highest BCUT2D eigenvalue weighted by Crippen LogP contribution is 2.30. The first-order chi connectivity index (χ1) is 14.5. The van der Waals surface area contributed by atoms with Gasteiger partial charge >= 0.3 is 6.03 Å². The Kier molecular flexibility index (Phi) is 5.99. The summed E-state index contributed by atoms with van der Waals surface area (Å²) >= 11 is 3.37. The minimum Gasteiger partial charge on any atom is -0.311 e. The maximum absolute atomic E-state index is 13.1. The average Bonchev–Trinajstić information content (AvgIpc) is 2.87. The Morgan fingerprint density at radius 1 is 1.13 bits per heavy atom. The molecule has 1 atom stereocenters. The quantitative estimate of drug-likeness (QED) is 0.677. The molecule has 3 amide bonds. The fourth-order valence-electron chi connectivity index (χ4n) is 3.75. The molecule has 7 heteroatoms. The van der Waals surface area contributed by atoms with Gasteiger partial charge in [-0.1, -0.05) is 40.2 Å². The van der Waals surface area contributed by atoms with E-state index in [2.05, 4.69) is 32.6 Å². The van der Waals surface area contributed by atoms with Crippen LogP contribution in [0.3, 0.4) is 0 Å². The summed E-state index contributed by atoms with van der Waals surface area (Å²) in [6.07, 6.45) is 5.38. The number of hydrogen-bond acceptors (Lipinski definition) is 3. The van der Waals surface area contributed by atoms with Crippen LogP contribution in [0.1, 0.15) is 31.2 Å². The number of carbonyl (C=O) groups excluding carboxylic acids is 2. The van der Waals surface area contributed by atoms with E-state index >= 15 is 0 Å². The predicted molar refractivity (Wildman–Crippen MR) is 123 cm³/mol. The molecule has 0 saturated heterocycles. The molecule has 1 aliphatic carbocycles. The van der Waals surface area contributed by atoms with Gasteiger partial charge < -0.3 is 15.5 Å². The van der Waals surface area contributed by atoms with Crippen molar-refractivity contribution in [3.8, 4) is 0 Å². The zero-order chi connectivity index (χ0) is 21.1. The topological polar surface area (TPSA) is 73.8 Å². The van der Waals surface area contributed by atoms with Crippen LogP contribution in [0, 0.1) is 0 Å². The van der Waals surface area contributed by atoms with E-state index in [0.29, 0.717) is 5.69 Å². The molecular weight excluding hydrogens is 444 g/mol. The molecule has 2 aromatic carbocycles. The van der Waals surface area contributed by atoms with Gasteiger partial charge in [0.2, 0.25) is 6.17 Å². The third kappa shape index (κ3) is 4.31. The molecule has 0 fully saturated rings. The lowest BCUT2D eigenvalue weighted by molar-refractivity contribution is -0.119. The van der Waals surface area contributed by atoms with E-state index in [1.807, 2.05) is 36.4 Å². The molecule has 4 rings (SSSR count). The summed E-state index contributed by atoms with van der Waals surface area (Å²) in [6.45, 7) is 0. The third-order valence-corrected chi connectivity index (χ3v) is 5.84. The maximum Gasteiger partial charge on any atom is 0.321 e. The number of hydrogen-bond donors (Lipinski definition) is 2. The molecule has 154 valence electrons. The molecule has 2 aromatic rings. The summed E-state index contributed by atoms with van der Waals surface area (Å²) in [5, 5.41) is 5.50. The number of urea groups is 1. The second-order valence-electron chi connectivity index (χ2n) is 7.38. The second kappa shape index (κ2) is 8.83. The first-order valence-electron chi connectivity index (χ1n) is 10.0. The molecule has 0 spiro atoms. The molecule has 0 bridgehead atoms. The molecule has 1 unspecified atom stereocenters. The fourth-order valence-corrected chi connectivity index (χ4v) is 4.01. The van der Waals surface area contributed by atoms with Crippen LogP contribution in [0.25, 0.3) is 0 Å². The summed E-state index contributed by atoms with van der Waals surface area (Å²) < 4.78 is 0.918. The summed E-state index contributed by atoms with van der Waals surface area (Å²) in [5.74, 6) is -0.278. The van der Waals surface area contributed by atoms with Crippen molar-refractivity contribution in [1.29, 1.82) is 0 Å². The van der Waals surface area contributed by atoms with Crippen LogP contribution < -0.4 is 15.5 Å². The van der Waals surface area contributed by atoms with E-state index in [9.17, 15) is 9.59 Å². The Morgan fingerprint density at radius 2 is 1.90 bits per heavy atom. The SMILES string of the molecule is CN1C(=O)C(NC(=O)Nc2ccc(Br)cc2)N=C(C2=CCCCC2)c2ccccc21. The lowest BCUT2D eigenvalue weighted by Crippen LogP contribution is -2.47. The molecular formula is C23H23BrN4O2. The average molecular weight is 467 g/mol. The number of para-hydroxylation sites is 1. The molecule has 1 heterocycles. The van der Waals surface area contributed by atoms with E-state index in [4.69, 9.17) is 4.99 Å². The van der Waals surface area contributed by atoms with Crippen LogP contribution in [0.4, 0.5) is 16.2 Å². The zero-order valence-electron chi connectivity index (χ0n) is 16.7. The Hall–Kier alpha value is -2.93. The van der Waals surface area contributed by atoms with Crippen molar-refractivity contribution >= 4 is 45.0 Å². The van der Waals surface area contributed by atoms with Crippen molar-refractivity contribution in [2.45, 2.75) is 31.8 Å². The van der Waals surface area contributed by atoms with Crippen LogP contribution in [0.2, 0.25) is 0 Å². The van der Waals surface area contributed by atoms with Gasteiger partial charge in [-0.25, -0.2) is 9.79 Å². The number of halogens is 1. The van der Waals surface area contributed by atoms with Crippen LogP contribution in [-0.4, -0.2) is 30.9 Å². The standard InChI is InChI=1S/C23H23BrN4O2/c1-28-19-10-6-5-9-18(19)20(15-7-3-2-4-8-15)26-21(22(28)29)27-23(30)25-17-13-11-16(24)12-14-17/h5-7,9-14,21H,2-4,8H2,1H3,(H2,25,27,30). The van der Waals surface area contributed by atoms with Crippen LogP contribution in [-0.2, 0) is 4.79 Å². The minimum atomic E-state index is -1.00. The normalized spacial score (nSPS) is 18.7. The largest absolute Gasteiger partial charge is 0.321 e. The van der Waals surface area contributed by atoms with E-state index in [-0.39, 0.29) is 5.91 Å². The van der Waals surface area contributed by atoms with E-state index in [0.717, 1.165) is 52.7 Å². The van der Waals surface area contributed by atoms with E-state index in [1.54, 1.807) is 24.1 Å². The fraction of sp³-hybridized carbons (Fsp3) is 0.261. The number of likely N-dealkylation sites (N-methyl/N-ethyl adjacent to an activating group) is 1. The van der Waals surface area contributed by atoms with Crippen molar-refractivity contribution in [2.75, 3.05) is 17.3 Å². The summed E-state index contributed by atoms with van der Waals surface area (Å²) in [5.41, 5.74) is 4.27. The Bertz CT molecular complexity index is 1030. The number of rotatable bonds is 3. The van der Waals surface area contributed by atoms with Gasteiger partial charge in [0, 0.05) is 22.8 Å². The second-order valence-corrected chi connectivity index (χ2v) is 8.29. The van der Waals surface area contributed by atoms with Crippen molar-refractivity contribution in [1.82, 2.24) is 5.32 Å². The molecule has 2 N–H and O–H groups in total. The van der Waals surface area contributed by atoms with Crippen molar-refractivity contribution in [2.24, 2.45) is 4.99 Å². The van der Waals surface area contributed by atoms with E-state index in [1.165, 1.54) is 0 Å². The van der Waals surface area contributed by atoms with Crippen molar-refractivity contribution < 1.29 is 9.59 Å². The smallest absolute Gasteiger partial charge is 0.311 e. The molecule has 1 aliphatic heterocycles. The highest BCUT2D eigenvalue weighted by atomic mass is 79.9. The Balaban J connectivity index is 1.65. The van der Waals surface area contributed by atoms with Gasteiger partial charge in [0.25, 0.3) is 5.91 Å². The molecule has 2 aliphatic rings. The number of allylic oxidation sites excluding steroid dienone is 2. The molecule has 6 nitrogen and oxygen atoms in total. The molecule has 0 saturated carbocycles. The molecule has 0 aromatic heterocycles. The van der Waals surface area contributed by atoms with Gasteiger partial charge in [0.05, 0.1) is 11.4 Å². The van der Waals surface area contributed by atoms with Gasteiger partial charge in [-0.05, 0) is 61.6 Å². The van der Waals surface area contributed by atoms with Crippen molar-refractivity contribution in [3.05, 3.63) is 70.2 Å². The predicted octanol–water partition coefficient (Wildman–Crippen LogP) is 4.86. The number of nitrogens with one attached hydrogen (secondary N) is 2. The minimum absolute atomic E-state index is 0.278. The Labute approximate surface area is 184 Å². The zero-order valence-corrected chi connectivity index (χ0v) is 18.3. The van der Waals surface area contributed by atoms with Crippen LogP contribution >= 0.6 is 15.9 Å². The number of benzene rings is 2. The first-order valence-corrected chi connectivity index (χ1v) is 10.8. The highest BCUT2D eigenvalue weighted by molar-refractivity contribution is 9.10. The third-order valence-electron chi connectivity index (χ3n) is 5.31.